The number of nitriles is 1. The number of alkyl halides is 3. The Balaban J connectivity index is 1.31. The van der Waals surface area contributed by atoms with Gasteiger partial charge in [-0.05, 0) is 67.3 Å². The van der Waals surface area contributed by atoms with Gasteiger partial charge in [-0.25, -0.2) is 14.5 Å². The molecule has 0 fully saturated rings. The van der Waals surface area contributed by atoms with Crippen LogP contribution in [0.15, 0.2) is 83.4 Å². The predicted octanol–water partition coefficient (Wildman–Crippen LogP) is 7.13. The predicted molar refractivity (Wildman–Crippen MR) is 163 cm³/mol. The van der Waals surface area contributed by atoms with Gasteiger partial charge >= 0.3 is 12.4 Å². The molecule has 0 aliphatic rings. The molecule has 0 bridgehead atoms. The van der Waals surface area contributed by atoms with Gasteiger partial charge in [0.1, 0.15) is 18.1 Å². The van der Waals surface area contributed by atoms with Crippen molar-refractivity contribution in [2.45, 2.75) is 46.0 Å². The Labute approximate surface area is 260 Å². The number of carbonyl (C=O) groups excluding carboxylic acids is 1. The zero-order valence-electron chi connectivity index (χ0n) is 24.5. The van der Waals surface area contributed by atoms with E-state index in [2.05, 4.69) is 56.3 Å². The number of nitrogens with zero attached hydrogens (tertiary/aromatic N) is 6. The lowest BCUT2D eigenvalue weighted by Crippen LogP contribution is -2.28. The molecule has 9 nitrogen and oxygen atoms in total. The second-order valence-corrected chi connectivity index (χ2v) is 11.0. The van der Waals surface area contributed by atoms with Crippen molar-refractivity contribution in [2.24, 2.45) is 4.99 Å². The molecule has 3 aromatic carbocycles. The molecule has 0 saturated heterocycles. The first kappa shape index (κ1) is 31.2. The van der Waals surface area contributed by atoms with Crippen molar-refractivity contribution in [3.8, 4) is 34.6 Å². The highest BCUT2D eigenvalue weighted by atomic mass is 32.1. The zero-order chi connectivity index (χ0) is 32.1. The van der Waals surface area contributed by atoms with E-state index in [1.165, 1.54) is 46.6 Å². The number of benzene rings is 3. The normalized spacial score (nSPS) is 12.5. The van der Waals surface area contributed by atoms with E-state index in [-0.39, 0.29) is 5.75 Å². The van der Waals surface area contributed by atoms with Crippen LogP contribution in [0.3, 0.4) is 0 Å². The molecule has 13 heteroatoms. The Morgan fingerprint density at radius 1 is 1.11 bits per heavy atom. The van der Waals surface area contributed by atoms with E-state index < -0.39 is 18.4 Å². The molecule has 1 N–H and O–H groups in total. The summed E-state index contributed by atoms with van der Waals surface area (Å²) in [6.07, 6.45) is -1.48. The SMILES string of the molecule is CCCc1ccc(C)cc1-n1c(C)cs/c1=N\C(=O)NC(C#N)c1ccc(-c2ncn(-c3ccc(OC(F)(F)F)cc3)n2)cc1. The smallest absolute Gasteiger partial charge is 0.406 e. The summed E-state index contributed by atoms with van der Waals surface area (Å²) in [7, 11) is 0. The van der Waals surface area contributed by atoms with Gasteiger partial charge in [-0.1, -0.05) is 49.7 Å². The number of rotatable bonds is 8. The van der Waals surface area contributed by atoms with Crippen molar-refractivity contribution in [1.29, 1.82) is 5.26 Å². The summed E-state index contributed by atoms with van der Waals surface area (Å²) in [5, 5.41) is 18.9. The van der Waals surface area contributed by atoms with Crippen molar-refractivity contribution < 1.29 is 22.7 Å². The Morgan fingerprint density at radius 3 is 2.51 bits per heavy atom. The lowest BCUT2D eigenvalue weighted by atomic mass is 10.1. The number of urea groups is 1. The van der Waals surface area contributed by atoms with Gasteiger partial charge in [0.25, 0.3) is 0 Å². The Bertz CT molecular complexity index is 1920. The summed E-state index contributed by atoms with van der Waals surface area (Å²) in [6, 6.07) is 18.8. The molecule has 2 aromatic heterocycles. The number of thiazole rings is 1. The van der Waals surface area contributed by atoms with E-state index in [0.717, 1.165) is 35.3 Å². The number of hydrogen-bond donors (Lipinski definition) is 1. The summed E-state index contributed by atoms with van der Waals surface area (Å²) in [5.41, 5.74) is 5.86. The maximum Gasteiger partial charge on any atom is 0.573 e. The highest BCUT2D eigenvalue weighted by molar-refractivity contribution is 7.07. The second-order valence-electron chi connectivity index (χ2n) is 10.2. The summed E-state index contributed by atoms with van der Waals surface area (Å²) in [5.74, 6) is 0.0205. The number of amides is 2. The average molecular weight is 632 g/mol. The maximum absolute atomic E-state index is 13.0. The van der Waals surface area contributed by atoms with E-state index >= 15 is 0 Å². The fraction of sp³-hybridized carbons (Fsp3) is 0.219. The monoisotopic (exact) mass is 631 g/mol. The zero-order valence-corrected chi connectivity index (χ0v) is 25.4. The number of nitrogens with one attached hydrogen (secondary N) is 1. The van der Waals surface area contributed by atoms with Crippen LogP contribution in [0.5, 0.6) is 5.75 Å². The molecular formula is C32H28F3N7O2S. The molecular weight excluding hydrogens is 603 g/mol. The van der Waals surface area contributed by atoms with Crippen molar-refractivity contribution in [2.75, 3.05) is 0 Å². The number of aromatic nitrogens is 4. The molecule has 1 unspecified atom stereocenters. The van der Waals surface area contributed by atoms with Gasteiger partial charge in [0.2, 0.25) is 0 Å². The van der Waals surface area contributed by atoms with Crippen LogP contribution in [0.2, 0.25) is 0 Å². The number of aryl methyl sites for hydroxylation is 3. The summed E-state index contributed by atoms with van der Waals surface area (Å²) < 4.78 is 44.6. The van der Waals surface area contributed by atoms with Crippen LogP contribution in [-0.4, -0.2) is 31.7 Å². The average Bonchev–Trinajstić information content (AvgIpc) is 3.64. The third-order valence-corrected chi connectivity index (χ3v) is 7.75. The van der Waals surface area contributed by atoms with E-state index in [0.29, 0.717) is 27.4 Å². The van der Waals surface area contributed by atoms with Crippen LogP contribution in [0.25, 0.3) is 22.8 Å². The molecule has 5 aromatic rings. The second kappa shape index (κ2) is 13.2. The van der Waals surface area contributed by atoms with Crippen molar-refractivity contribution in [3.63, 3.8) is 0 Å². The molecule has 0 spiro atoms. The highest BCUT2D eigenvalue weighted by Crippen LogP contribution is 2.25. The lowest BCUT2D eigenvalue weighted by Gasteiger charge is -2.13. The fourth-order valence-corrected chi connectivity index (χ4v) is 5.57. The first-order chi connectivity index (χ1) is 21.5. The lowest BCUT2D eigenvalue weighted by molar-refractivity contribution is -0.274. The first-order valence-electron chi connectivity index (χ1n) is 13.9. The maximum atomic E-state index is 13.0. The van der Waals surface area contributed by atoms with E-state index in [9.17, 15) is 23.2 Å². The van der Waals surface area contributed by atoms with Crippen LogP contribution in [0, 0.1) is 25.2 Å². The molecule has 0 saturated carbocycles. The number of hydrogen-bond acceptors (Lipinski definition) is 6. The minimum atomic E-state index is -4.78. The quantitative estimate of drug-likeness (QED) is 0.196. The van der Waals surface area contributed by atoms with Crippen molar-refractivity contribution in [1.82, 2.24) is 24.6 Å². The van der Waals surface area contributed by atoms with E-state index in [1.54, 1.807) is 24.3 Å². The first-order valence-corrected chi connectivity index (χ1v) is 14.8. The van der Waals surface area contributed by atoms with Crippen LogP contribution in [-0.2, 0) is 6.42 Å². The van der Waals surface area contributed by atoms with Gasteiger partial charge in [0.05, 0.1) is 17.4 Å². The Kier molecular flexibility index (Phi) is 9.15. The van der Waals surface area contributed by atoms with Crippen molar-refractivity contribution >= 4 is 17.4 Å². The van der Waals surface area contributed by atoms with Crippen LogP contribution in [0.1, 0.15) is 41.8 Å². The van der Waals surface area contributed by atoms with Crippen molar-refractivity contribution in [3.05, 3.63) is 106 Å². The molecule has 2 heterocycles. The molecule has 2 amide bonds. The standard InChI is InChI=1S/C32H28F3N7O2S/c1-4-5-23-7-6-20(2)16-28(23)42-21(3)18-45-31(42)39-30(43)38-27(17-36)22-8-10-24(11-9-22)29-37-19-41(40-29)25-12-14-26(15-13-25)44-32(33,34)35/h6-16,18-19,27H,4-5H2,1-3H3,(H,38,43)/b39-31-. The van der Waals surface area contributed by atoms with Crippen LogP contribution < -0.4 is 14.9 Å². The van der Waals surface area contributed by atoms with Gasteiger partial charge in [-0.3, -0.25) is 4.57 Å². The van der Waals surface area contributed by atoms with Gasteiger partial charge in [-0.15, -0.1) is 29.6 Å². The van der Waals surface area contributed by atoms with Crippen LogP contribution in [0.4, 0.5) is 18.0 Å². The Morgan fingerprint density at radius 2 is 1.84 bits per heavy atom. The third-order valence-electron chi connectivity index (χ3n) is 6.80. The Hall–Kier alpha value is -5.22. The topological polar surface area (TPSA) is 110 Å². The summed E-state index contributed by atoms with van der Waals surface area (Å²) >= 11 is 1.35. The van der Waals surface area contributed by atoms with Crippen LogP contribution >= 0.6 is 11.3 Å². The van der Waals surface area contributed by atoms with Gasteiger partial charge < -0.3 is 10.1 Å². The van der Waals surface area contributed by atoms with E-state index in [4.69, 9.17) is 0 Å². The minimum absolute atomic E-state index is 0.341. The van der Waals surface area contributed by atoms with E-state index in [1.807, 2.05) is 23.8 Å². The molecule has 45 heavy (non-hydrogen) atoms. The van der Waals surface area contributed by atoms with Gasteiger partial charge in [0.15, 0.2) is 10.6 Å². The molecule has 5 rings (SSSR count). The molecule has 0 aliphatic carbocycles. The number of halogens is 3. The summed E-state index contributed by atoms with van der Waals surface area (Å²) in [4.78, 5) is 22.1. The molecule has 0 radical (unpaired) electrons. The highest BCUT2D eigenvalue weighted by Gasteiger charge is 2.31. The molecule has 1 atom stereocenters. The number of carbonyl (C=O) groups is 1. The number of ether oxygens (including phenoxy) is 1. The minimum Gasteiger partial charge on any atom is -0.406 e. The molecule has 230 valence electrons. The summed E-state index contributed by atoms with van der Waals surface area (Å²) in [6.45, 7) is 6.11. The molecule has 0 aliphatic heterocycles. The van der Waals surface area contributed by atoms with Gasteiger partial charge in [0, 0.05) is 16.6 Å². The van der Waals surface area contributed by atoms with Gasteiger partial charge in [-0.2, -0.15) is 10.3 Å². The fourth-order valence-electron chi connectivity index (χ4n) is 4.70. The third kappa shape index (κ3) is 7.47. The largest absolute Gasteiger partial charge is 0.573 e.